The molecule has 1 aromatic heterocycles. The predicted octanol–water partition coefficient (Wildman–Crippen LogP) is 1.53. The Bertz CT molecular complexity index is 529. The van der Waals surface area contributed by atoms with Gasteiger partial charge in [0.05, 0.1) is 0 Å². The van der Waals surface area contributed by atoms with Gasteiger partial charge in [-0.15, -0.1) is 0 Å². The molecule has 1 aromatic rings. The second kappa shape index (κ2) is 6.20. The molecule has 0 unspecified atom stereocenters. The van der Waals surface area contributed by atoms with Gasteiger partial charge in [-0.1, -0.05) is 20.3 Å². The van der Waals surface area contributed by atoms with E-state index in [4.69, 9.17) is 0 Å². The summed E-state index contributed by atoms with van der Waals surface area (Å²) in [6.07, 6.45) is 6.55. The Morgan fingerprint density at radius 3 is 2.80 bits per heavy atom. The molecule has 1 saturated carbocycles. The number of rotatable bonds is 6. The van der Waals surface area contributed by atoms with Crippen LogP contribution in [0.1, 0.15) is 33.1 Å². The topological polar surface area (TPSA) is 71.1 Å². The minimum Gasteiger partial charge on any atom is -0.312 e. The minimum atomic E-state index is -3.44. The summed E-state index contributed by atoms with van der Waals surface area (Å²) >= 11 is 0. The van der Waals surface area contributed by atoms with Crippen molar-refractivity contribution in [1.82, 2.24) is 15.0 Å². The molecule has 1 aliphatic rings. The molecule has 0 aliphatic heterocycles. The van der Waals surface area contributed by atoms with Crippen molar-refractivity contribution in [3.63, 3.8) is 0 Å². The number of sulfonamides is 1. The maximum atomic E-state index is 12.0. The Morgan fingerprint density at radius 1 is 1.40 bits per heavy atom. The lowest BCUT2D eigenvalue weighted by molar-refractivity contribution is 0.285. The van der Waals surface area contributed by atoms with Gasteiger partial charge in [-0.05, 0) is 30.4 Å². The van der Waals surface area contributed by atoms with Crippen LogP contribution in [0.5, 0.6) is 0 Å². The molecule has 1 aliphatic carbocycles. The zero-order valence-electron chi connectivity index (χ0n) is 12.1. The van der Waals surface area contributed by atoms with Crippen LogP contribution in [0.4, 0.5) is 0 Å². The normalized spacial score (nSPS) is 22.0. The molecular formula is C14H23N3O2S. The summed E-state index contributed by atoms with van der Waals surface area (Å²) in [7, 11) is -3.44. The van der Waals surface area contributed by atoms with Crippen LogP contribution in [0.3, 0.4) is 0 Å². The van der Waals surface area contributed by atoms with Crippen LogP contribution in [-0.4, -0.2) is 32.5 Å². The van der Waals surface area contributed by atoms with Crippen LogP contribution >= 0.6 is 0 Å². The first-order valence-electron chi connectivity index (χ1n) is 7.05. The third kappa shape index (κ3) is 3.77. The van der Waals surface area contributed by atoms with E-state index in [1.165, 1.54) is 25.5 Å². The van der Waals surface area contributed by atoms with Gasteiger partial charge in [0.25, 0.3) is 0 Å². The number of pyridine rings is 1. The molecule has 0 radical (unpaired) electrons. The summed E-state index contributed by atoms with van der Waals surface area (Å²) in [5.74, 6) is 0. The Kier molecular flexibility index (Phi) is 4.78. The number of nitrogens with one attached hydrogen (secondary N) is 2. The van der Waals surface area contributed by atoms with Gasteiger partial charge in [0, 0.05) is 31.5 Å². The molecule has 6 heteroatoms. The summed E-state index contributed by atoms with van der Waals surface area (Å²) in [6, 6.07) is 3.64. The van der Waals surface area contributed by atoms with Crippen molar-refractivity contribution in [2.24, 2.45) is 5.41 Å². The molecular weight excluding hydrogens is 274 g/mol. The van der Waals surface area contributed by atoms with E-state index in [-0.39, 0.29) is 4.90 Å². The first kappa shape index (κ1) is 15.4. The van der Waals surface area contributed by atoms with E-state index in [9.17, 15) is 8.42 Å². The van der Waals surface area contributed by atoms with Crippen LogP contribution in [0.25, 0.3) is 0 Å². The van der Waals surface area contributed by atoms with Crippen molar-refractivity contribution in [3.05, 3.63) is 24.5 Å². The van der Waals surface area contributed by atoms with Crippen molar-refractivity contribution < 1.29 is 8.42 Å². The Labute approximate surface area is 121 Å². The number of hydrogen-bond acceptors (Lipinski definition) is 4. The fourth-order valence-electron chi connectivity index (χ4n) is 2.73. The Balaban J connectivity index is 1.79. The molecule has 1 fully saturated rings. The van der Waals surface area contributed by atoms with Crippen molar-refractivity contribution in [2.75, 3.05) is 13.1 Å². The highest BCUT2D eigenvalue weighted by atomic mass is 32.2. The highest BCUT2D eigenvalue weighted by Gasteiger charge is 2.33. The second-order valence-electron chi connectivity index (χ2n) is 5.97. The van der Waals surface area contributed by atoms with Gasteiger partial charge < -0.3 is 5.32 Å². The lowest BCUT2D eigenvalue weighted by atomic mass is 9.87. The molecule has 1 heterocycles. The first-order chi connectivity index (χ1) is 9.42. The Hall–Kier alpha value is -0.980. The molecule has 0 aromatic carbocycles. The predicted molar refractivity (Wildman–Crippen MR) is 78.8 cm³/mol. The van der Waals surface area contributed by atoms with Gasteiger partial charge in [-0.2, -0.15) is 0 Å². The van der Waals surface area contributed by atoms with Gasteiger partial charge in [0.2, 0.25) is 10.0 Å². The van der Waals surface area contributed by atoms with Gasteiger partial charge in [-0.25, -0.2) is 13.1 Å². The van der Waals surface area contributed by atoms with E-state index in [0.29, 0.717) is 24.5 Å². The van der Waals surface area contributed by atoms with E-state index in [1.54, 1.807) is 18.3 Å². The van der Waals surface area contributed by atoms with E-state index in [1.807, 2.05) is 0 Å². The van der Waals surface area contributed by atoms with E-state index in [0.717, 1.165) is 0 Å². The molecule has 0 bridgehead atoms. The van der Waals surface area contributed by atoms with Crippen LogP contribution in [0.15, 0.2) is 29.4 Å². The molecule has 1 atom stereocenters. The van der Waals surface area contributed by atoms with E-state index in [2.05, 4.69) is 28.9 Å². The lowest BCUT2D eigenvalue weighted by Crippen LogP contribution is -2.41. The molecule has 0 amide bonds. The smallest absolute Gasteiger partial charge is 0.242 e. The molecule has 2 rings (SSSR count). The standard InChI is InChI=1S/C14H23N3O2S/c1-14(2)7-3-6-13(14)16-9-10-17-20(18,19)12-5-4-8-15-11-12/h4-5,8,11,13,16-17H,3,6-7,9-10H2,1-2H3/t13-/m1/s1. The lowest BCUT2D eigenvalue weighted by Gasteiger charge is -2.28. The quantitative estimate of drug-likeness (QED) is 0.781. The molecule has 0 saturated heterocycles. The highest BCUT2D eigenvalue weighted by molar-refractivity contribution is 7.89. The molecule has 112 valence electrons. The number of aromatic nitrogens is 1. The third-order valence-electron chi connectivity index (χ3n) is 4.01. The number of hydrogen-bond donors (Lipinski definition) is 2. The average Bonchev–Trinajstić information content (AvgIpc) is 2.75. The highest BCUT2D eigenvalue weighted by Crippen LogP contribution is 2.36. The average molecular weight is 297 g/mol. The zero-order chi connectivity index (χ0) is 14.6. The summed E-state index contributed by atoms with van der Waals surface area (Å²) < 4.78 is 26.5. The Morgan fingerprint density at radius 2 is 2.20 bits per heavy atom. The minimum absolute atomic E-state index is 0.209. The summed E-state index contributed by atoms with van der Waals surface area (Å²) in [5, 5.41) is 3.45. The van der Waals surface area contributed by atoms with Crippen molar-refractivity contribution in [3.8, 4) is 0 Å². The van der Waals surface area contributed by atoms with Crippen LogP contribution in [-0.2, 0) is 10.0 Å². The monoisotopic (exact) mass is 297 g/mol. The number of nitrogens with zero attached hydrogens (tertiary/aromatic N) is 1. The van der Waals surface area contributed by atoms with Gasteiger partial charge in [0.15, 0.2) is 0 Å². The van der Waals surface area contributed by atoms with Gasteiger partial charge in [-0.3, -0.25) is 4.98 Å². The van der Waals surface area contributed by atoms with E-state index >= 15 is 0 Å². The van der Waals surface area contributed by atoms with Crippen molar-refractivity contribution >= 4 is 10.0 Å². The molecule has 20 heavy (non-hydrogen) atoms. The maximum Gasteiger partial charge on any atom is 0.242 e. The SMILES string of the molecule is CC1(C)CCC[C@H]1NCCNS(=O)(=O)c1cccnc1. The maximum absolute atomic E-state index is 12.0. The fraction of sp³-hybridized carbons (Fsp3) is 0.643. The van der Waals surface area contributed by atoms with Gasteiger partial charge in [0.1, 0.15) is 4.90 Å². The molecule has 2 N–H and O–H groups in total. The van der Waals surface area contributed by atoms with Crippen LogP contribution < -0.4 is 10.0 Å². The van der Waals surface area contributed by atoms with Crippen molar-refractivity contribution in [2.45, 2.75) is 44.0 Å². The zero-order valence-corrected chi connectivity index (χ0v) is 12.9. The fourth-order valence-corrected chi connectivity index (χ4v) is 3.72. The van der Waals surface area contributed by atoms with Crippen molar-refractivity contribution in [1.29, 1.82) is 0 Å². The second-order valence-corrected chi connectivity index (χ2v) is 7.74. The summed E-state index contributed by atoms with van der Waals surface area (Å²) in [4.78, 5) is 4.04. The largest absolute Gasteiger partial charge is 0.312 e. The molecule has 5 nitrogen and oxygen atoms in total. The van der Waals surface area contributed by atoms with Crippen LogP contribution in [0.2, 0.25) is 0 Å². The summed E-state index contributed by atoms with van der Waals surface area (Å²) in [5.41, 5.74) is 0.308. The first-order valence-corrected chi connectivity index (χ1v) is 8.53. The molecule has 0 spiro atoms. The summed E-state index contributed by atoms with van der Waals surface area (Å²) in [6.45, 7) is 5.56. The van der Waals surface area contributed by atoms with Crippen LogP contribution in [0, 0.1) is 5.41 Å². The van der Waals surface area contributed by atoms with E-state index < -0.39 is 10.0 Å². The third-order valence-corrected chi connectivity index (χ3v) is 5.46. The van der Waals surface area contributed by atoms with Gasteiger partial charge >= 0.3 is 0 Å².